The van der Waals surface area contributed by atoms with Gasteiger partial charge in [0, 0.05) is 6.54 Å². The quantitative estimate of drug-likeness (QED) is 0.169. The first-order chi connectivity index (χ1) is 19.6. The largest absolute Gasteiger partial charge is 0.492 e. The second-order valence-corrected chi connectivity index (χ2v) is 10.0. The van der Waals surface area contributed by atoms with Gasteiger partial charge in [-0.15, -0.1) is 0 Å². The van der Waals surface area contributed by atoms with Gasteiger partial charge < -0.3 is 45.0 Å². The van der Waals surface area contributed by atoms with Gasteiger partial charge in [0.1, 0.15) is 30.7 Å². The Hall–Kier alpha value is -3.12. The van der Waals surface area contributed by atoms with Gasteiger partial charge in [0.2, 0.25) is 5.79 Å². The van der Waals surface area contributed by atoms with Crippen LogP contribution < -0.4 is 4.74 Å². The number of ether oxygens (including phenoxy) is 2. The number of hydrogen-bond acceptors (Lipinski definition) is 9. The molecule has 6 N–H and O–H groups in total. The standard InChI is InChI=1S/C26H29NO.C6H12O7/c1-4-25(21-11-7-5-8-12-21)26(22-13-9-6-10-14-22)23-15-17-24(18-16-23)28-20-19-27(2)3;7-1-2-6(11,12)4(9)3(8)5(10)13-2/h5-18H,4,19-20H2,1-3H3;2-5,7-12H,1H2/b26-25-;/t;2-,3-,4-,5?/m.1/s1. The Morgan fingerprint density at radius 1 is 0.829 bits per heavy atom. The number of allylic oxidation sites excluding steroid dienone is 1. The highest BCUT2D eigenvalue weighted by molar-refractivity contribution is 5.98. The van der Waals surface area contributed by atoms with E-state index in [1.165, 1.54) is 27.8 Å². The SMILES string of the molecule is CC/C(=C(\c1ccccc1)c1ccc(OCCN(C)C)cc1)c1ccccc1.OC[C@H]1OC(O)[C@H](O)[C@@H](O)C1(O)O. The Kier molecular flexibility index (Phi) is 12.0. The highest BCUT2D eigenvalue weighted by Gasteiger charge is 2.53. The van der Waals surface area contributed by atoms with Crippen LogP contribution in [-0.4, -0.2) is 99.8 Å². The van der Waals surface area contributed by atoms with Crippen molar-refractivity contribution in [1.29, 1.82) is 0 Å². The number of benzene rings is 3. The third-order valence-corrected chi connectivity index (χ3v) is 6.78. The van der Waals surface area contributed by atoms with Crippen LogP contribution in [0.1, 0.15) is 30.0 Å². The maximum absolute atomic E-state index is 9.14. The minimum atomic E-state index is -2.77. The van der Waals surface area contributed by atoms with Gasteiger partial charge in [0.15, 0.2) is 6.29 Å². The lowest BCUT2D eigenvalue weighted by Crippen LogP contribution is -2.66. The van der Waals surface area contributed by atoms with Crippen LogP contribution in [0.5, 0.6) is 5.75 Å². The molecular formula is C32H41NO8. The Morgan fingerprint density at radius 3 is 1.88 bits per heavy atom. The molecule has 0 amide bonds. The highest BCUT2D eigenvalue weighted by atomic mass is 16.7. The van der Waals surface area contributed by atoms with E-state index >= 15 is 0 Å². The van der Waals surface area contributed by atoms with Crippen molar-refractivity contribution >= 4 is 11.1 Å². The zero-order valence-electron chi connectivity index (χ0n) is 23.7. The number of hydrogen-bond donors (Lipinski definition) is 6. The van der Waals surface area contributed by atoms with E-state index in [1.807, 2.05) is 0 Å². The summed E-state index contributed by atoms with van der Waals surface area (Å²) in [5.74, 6) is -1.86. The molecule has 0 radical (unpaired) electrons. The number of likely N-dealkylation sites (N-methyl/N-ethyl adjacent to an activating group) is 1. The third kappa shape index (κ3) is 8.45. The Balaban J connectivity index is 0.000000298. The van der Waals surface area contributed by atoms with Crippen molar-refractivity contribution in [3.63, 3.8) is 0 Å². The van der Waals surface area contributed by atoms with E-state index in [2.05, 4.69) is 116 Å². The fourth-order valence-corrected chi connectivity index (χ4v) is 4.47. The molecule has 1 fully saturated rings. The molecule has 9 nitrogen and oxygen atoms in total. The van der Waals surface area contributed by atoms with Gasteiger partial charge in [-0.05, 0) is 60.5 Å². The molecule has 4 atom stereocenters. The van der Waals surface area contributed by atoms with Crippen molar-refractivity contribution in [3.05, 3.63) is 102 Å². The molecule has 1 aliphatic rings. The van der Waals surface area contributed by atoms with E-state index in [1.54, 1.807) is 0 Å². The maximum Gasteiger partial charge on any atom is 0.221 e. The minimum absolute atomic E-state index is 0.692. The number of aliphatic hydroxyl groups excluding tert-OH is 4. The molecule has 4 rings (SSSR count). The van der Waals surface area contributed by atoms with Gasteiger partial charge in [-0.2, -0.15) is 0 Å². The molecule has 1 aliphatic heterocycles. The summed E-state index contributed by atoms with van der Waals surface area (Å²) < 4.78 is 10.3. The van der Waals surface area contributed by atoms with Crippen molar-refractivity contribution < 1.29 is 40.1 Å². The molecule has 0 aliphatic carbocycles. The van der Waals surface area contributed by atoms with Crippen LogP contribution in [0.2, 0.25) is 0 Å². The van der Waals surface area contributed by atoms with Gasteiger partial charge >= 0.3 is 0 Å². The summed E-state index contributed by atoms with van der Waals surface area (Å²) in [4.78, 5) is 2.12. The summed E-state index contributed by atoms with van der Waals surface area (Å²) in [5.41, 5.74) is 6.37. The molecule has 1 unspecified atom stereocenters. The predicted molar refractivity (Wildman–Crippen MR) is 157 cm³/mol. The predicted octanol–water partition coefficient (Wildman–Crippen LogP) is 2.09. The lowest BCUT2D eigenvalue weighted by molar-refractivity contribution is -0.380. The first-order valence-electron chi connectivity index (χ1n) is 13.6. The van der Waals surface area contributed by atoms with Gasteiger partial charge in [-0.3, -0.25) is 0 Å². The zero-order chi connectivity index (χ0) is 30.0. The number of aliphatic hydroxyl groups is 6. The molecular weight excluding hydrogens is 526 g/mol. The smallest absolute Gasteiger partial charge is 0.221 e. The van der Waals surface area contributed by atoms with E-state index in [-0.39, 0.29) is 0 Å². The monoisotopic (exact) mass is 567 g/mol. The first kappa shape index (κ1) is 32.4. The normalized spacial score (nSPS) is 22.4. The van der Waals surface area contributed by atoms with E-state index in [4.69, 9.17) is 35.4 Å². The maximum atomic E-state index is 9.14. The number of rotatable bonds is 9. The molecule has 3 aromatic carbocycles. The minimum Gasteiger partial charge on any atom is -0.492 e. The molecule has 1 saturated heterocycles. The van der Waals surface area contributed by atoms with Crippen molar-refractivity contribution in [1.82, 2.24) is 4.90 Å². The van der Waals surface area contributed by atoms with Crippen molar-refractivity contribution in [2.75, 3.05) is 33.9 Å². The Morgan fingerprint density at radius 2 is 1.37 bits per heavy atom. The number of nitrogens with zero attached hydrogens (tertiary/aromatic N) is 1. The van der Waals surface area contributed by atoms with Crippen molar-refractivity contribution in [2.24, 2.45) is 0 Å². The second-order valence-electron chi connectivity index (χ2n) is 10.0. The van der Waals surface area contributed by atoms with E-state index in [0.717, 1.165) is 18.7 Å². The fourth-order valence-electron chi connectivity index (χ4n) is 4.47. The second kappa shape index (κ2) is 15.2. The highest BCUT2D eigenvalue weighted by Crippen LogP contribution is 2.35. The average Bonchev–Trinajstić information content (AvgIpc) is 2.98. The van der Waals surface area contributed by atoms with Crippen LogP contribution in [0.3, 0.4) is 0 Å². The topological polar surface area (TPSA) is 143 Å². The lowest BCUT2D eigenvalue weighted by atomic mass is 9.88. The van der Waals surface area contributed by atoms with Crippen LogP contribution in [-0.2, 0) is 4.74 Å². The summed E-state index contributed by atoms with van der Waals surface area (Å²) in [6, 6.07) is 29.8. The summed E-state index contributed by atoms with van der Waals surface area (Å²) in [5, 5.41) is 53.8. The van der Waals surface area contributed by atoms with Crippen LogP contribution in [0, 0.1) is 0 Å². The van der Waals surface area contributed by atoms with E-state index in [9.17, 15) is 0 Å². The molecule has 0 bridgehead atoms. The summed E-state index contributed by atoms with van der Waals surface area (Å²) in [6.45, 7) is 3.03. The Bertz CT molecular complexity index is 1210. The molecule has 0 saturated carbocycles. The Labute approximate surface area is 241 Å². The van der Waals surface area contributed by atoms with Crippen LogP contribution in [0.15, 0.2) is 84.9 Å². The molecule has 0 spiro atoms. The molecule has 1 heterocycles. The fraction of sp³-hybridized carbons (Fsp3) is 0.375. The van der Waals surface area contributed by atoms with Gasteiger partial charge in [-0.1, -0.05) is 79.7 Å². The van der Waals surface area contributed by atoms with Gasteiger partial charge in [-0.25, -0.2) is 0 Å². The van der Waals surface area contributed by atoms with Crippen LogP contribution >= 0.6 is 0 Å². The molecule has 9 heteroatoms. The van der Waals surface area contributed by atoms with Crippen LogP contribution in [0.25, 0.3) is 11.1 Å². The molecule has 3 aromatic rings. The summed E-state index contributed by atoms with van der Waals surface area (Å²) in [7, 11) is 4.11. The summed E-state index contributed by atoms with van der Waals surface area (Å²) in [6.07, 6.45) is -6.15. The van der Waals surface area contributed by atoms with Crippen molar-refractivity contribution in [2.45, 2.75) is 43.7 Å². The first-order valence-corrected chi connectivity index (χ1v) is 13.6. The molecule has 222 valence electrons. The van der Waals surface area contributed by atoms with Crippen molar-refractivity contribution in [3.8, 4) is 5.75 Å². The summed E-state index contributed by atoms with van der Waals surface area (Å²) >= 11 is 0. The zero-order valence-corrected chi connectivity index (χ0v) is 23.7. The third-order valence-electron chi connectivity index (χ3n) is 6.78. The van der Waals surface area contributed by atoms with E-state index in [0.29, 0.717) is 6.61 Å². The lowest BCUT2D eigenvalue weighted by Gasteiger charge is -2.42. The average molecular weight is 568 g/mol. The van der Waals surface area contributed by atoms with E-state index < -0.39 is 37.0 Å². The van der Waals surface area contributed by atoms with Gasteiger partial charge in [0.05, 0.1) is 6.61 Å². The van der Waals surface area contributed by atoms with Crippen LogP contribution in [0.4, 0.5) is 0 Å². The molecule has 0 aromatic heterocycles. The molecule has 41 heavy (non-hydrogen) atoms. The van der Waals surface area contributed by atoms with Gasteiger partial charge in [0.25, 0.3) is 0 Å².